The van der Waals surface area contributed by atoms with Crippen LogP contribution in [0.2, 0.25) is 0 Å². The van der Waals surface area contributed by atoms with E-state index in [-0.39, 0.29) is 11.8 Å². The smallest absolute Gasteiger partial charge is 0.391 e. The van der Waals surface area contributed by atoms with Crippen molar-refractivity contribution >= 4 is 45.7 Å². The highest BCUT2D eigenvalue weighted by molar-refractivity contribution is 7.59. The number of furan rings is 1. The Hall–Kier alpha value is -2.97. The zero-order valence-electron chi connectivity index (χ0n) is 16.9. The van der Waals surface area contributed by atoms with E-state index in [1.807, 2.05) is 30.3 Å². The zero-order valence-corrected chi connectivity index (χ0v) is 18.7. The summed E-state index contributed by atoms with van der Waals surface area (Å²) in [4.78, 5) is 35.4. The normalized spacial score (nSPS) is 14.0. The molecule has 5 rings (SSSR count). The molecule has 1 aliphatic rings. The first-order valence-corrected chi connectivity index (χ1v) is 12.3. The molecule has 3 N–H and O–H groups in total. The average Bonchev–Trinajstić information content (AvgIpc) is 3.34. The van der Waals surface area contributed by atoms with E-state index in [4.69, 9.17) is 9.15 Å². The lowest BCUT2D eigenvalue weighted by Crippen LogP contribution is -2.12. The summed E-state index contributed by atoms with van der Waals surface area (Å²) in [5.41, 5.74) is 2.71. The van der Waals surface area contributed by atoms with E-state index in [0.717, 1.165) is 34.2 Å². The summed E-state index contributed by atoms with van der Waals surface area (Å²) in [5, 5.41) is 3.46. The predicted octanol–water partition coefficient (Wildman–Crippen LogP) is 4.38. The lowest BCUT2D eigenvalue weighted by Gasteiger charge is -2.09. The Morgan fingerprint density at radius 1 is 1.19 bits per heavy atom. The molecule has 32 heavy (non-hydrogen) atoms. The number of hydrogen-bond donors (Lipinski definition) is 3. The first kappa shape index (κ1) is 20.9. The van der Waals surface area contributed by atoms with E-state index in [2.05, 4.69) is 10.3 Å². The van der Waals surface area contributed by atoms with Gasteiger partial charge in [0.2, 0.25) is 11.4 Å². The lowest BCUT2D eigenvalue weighted by atomic mass is 10.0. The average molecular weight is 470 g/mol. The van der Waals surface area contributed by atoms with Crippen molar-refractivity contribution in [2.45, 2.75) is 12.8 Å². The van der Waals surface area contributed by atoms with E-state index in [1.54, 1.807) is 13.2 Å². The molecule has 2 aromatic carbocycles. The number of benzene rings is 2. The van der Waals surface area contributed by atoms with Crippen LogP contribution in [0, 0.1) is 5.92 Å². The zero-order chi connectivity index (χ0) is 22.5. The van der Waals surface area contributed by atoms with Crippen molar-refractivity contribution in [2.75, 3.05) is 12.4 Å². The number of thiazole rings is 1. The summed E-state index contributed by atoms with van der Waals surface area (Å²) in [5.74, 6) is 0.981. The molecular formula is C22H19N2O6PS. The van der Waals surface area contributed by atoms with Crippen LogP contribution in [-0.2, 0) is 9.36 Å². The minimum Gasteiger partial charge on any atom is -0.497 e. The maximum absolute atomic E-state index is 12.1. The van der Waals surface area contributed by atoms with Crippen LogP contribution < -0.4 is 15.6 Å². The van der Waals surface area contributed by atoms with Crippen LogP contribution in [0.3, 0.4) is 0 Å². The number of fused-ring (bicyclic) bond motifs is 1. The molecule has 0 spiro atoms. The van der Waals surface area contributed by atoms with E-state index in [9.17, 15) is 19.1 Å². The molecule has 0 atom stereocenters. The second kappa shape index (κ2) is 7.86. The minimum atomic E-state index is -4.49. The molecule has 8 nitrogen and oxygen atoms in total. The second-order valence-corrected chi connectivity index (χ2v) is 10.1. The molecule has 0 radical (unpaired) electrons. The van der Waals surface area contributed by atoms with Crippen LogP contribution in [0.4, 0.5) is 5.13 Å². The minimum absolute atomic E-state index is 0.00736. The Balaban J connectivity index is 1.57. The Labute approximate surface area is 187 Å². The molecule has 0 saturated heterocycles. The maximum atomic E-state index is 12.1. The number of carbonyl (C=O) groups is 1. The van der Waals surface area contributed by atoms with Crippen molar-refractivity contribution in [1.29, 1.82) is 0 Å². The van der Waals surface area contributed by atoms with Gasteiger partial charge in [-0.3, -0.25) is 9.36 Å². The highest BCUT2D eigenvalue weighted by Gasteiger charge is 2.30. The highest BCUT2D eigenvalue weighted by Crippen LogP contribution is 2.40. The van der Waals surface area contributed by atoms with Gasteiger partial charge in [-0.15, -0.1) is 0 Å². The quantitative estimate of drug-likeness (QED) is 0.358. The highest BCUT2D eigenvalue weighted by atomic mass is 32.1. The fraction of sp³-hybridized carbons (Fsp3) is 0.182. The maximum Gasteiger partial charge on any atom is 0.391 e. The monoisotopic (exact) mass is 470 g/mol. The molecule has 10 heteroatoms. The summed E-state index contributed by atoms with van der Waals surface area (Å²) in [6, 6.07) is 14.0. The SMILES string of the molecule is COc1cc(-c2ccc(P(=O)(O)O)o2)cc(-c2cccc3nc(NC(=O)C4CC4)sc23)c1. The fourth-order valence-corrected chi connectivity index (χ4v) is 4.93. The van der Waals surface area contributed by atoms with Crippen molar-refractivity contribution in [3.63, 3.8) is 0 Å². The van der Waals surface area contributed by atoms with Gasteiger partial charge >= 0.3 is 7.60 Å². The van der Waals surface area contributed by atoms with Crippen LogP contribution >= 0.6 is 18.9 Å². The van der Waals surface area contributed by atoms with Gasteiger partial charge in [0.1, 0.15) is 11.5 Å². The molecule has 1 aliphatic carbocycles. The molecule has 1 saturated carbocycles. The van der Waals surface area contributed by atoms with Gasteiger partial charge in [0.05, 0.1) is 17.3 Å². The summed E-state index contributed by atoms with van der Waals surface area (Å²) in [6.45, 7) is 0. The molecule has 2 aromatic heterocycles. The summed E-state index contributed by atoms with van der Waals surface area (Å²) >= 11 is 1.40. The molecule has 1 amide bonds. The van der Waals surface area contributed by atoms with Gasteiger partial charge in [-0.25, -0.2) is 4.98 Å². The Bertz CT molecular complexity index is 1380. The van der Waals surface area contributed by atoms with Gasteiger partial charge in [0, 0.05) is 17.0 Å². The number of anilines is 1. The number of hydrogen-bond acceptors (Lipinski definition) is 6. The number of aromatic nitrogens is 1. The van der Waals surface area contributed by atoms with Gasteiger partial charge in [-0.1, -0.05) is 23.5 Å². The van der Waals surface area contributed by atoms with Crippen LogP contribution in [0.25, 0.3) is 32.7 Å². The number of amides is 1. The van der Waals surface area contributed by atoms with Crippen LogP contribution in [0.5, 0.6) is 5.75 Å². The lowest BCUT2D eigenvalue weighted by molar-refractivity contribution is -0.117. The van der Waals surface area contributed by atoms with Crippen molar-refractivity contribution < 1.29 is 28.3 Å². The fourth-order valence-electron chi connectivity index (χ4n) is 3.44. The van der Waals surface area contributed by atoms with Crippen LogP contribution in [0.15, 0.2) is 52.9 Å². The van der Waals surface area contributed by atoms with Crippen molar-refractivity contribution in [1.82, 2.24) is 4.98 Å². The van der Waals surface area contributed by atoms with Gasteiger partial charge < -0.3 is 24.3 Å². The van der Waals surface area contributed by atoms with Crippen LogP contribution in [0.1, 0.15) is 12.8 Å². The number of carbonyl (C=O) groups excluding carboxylic acids is 1. The van der Waals surface area contributed by atoms with E-state index in [1.165, 1.54) is 23.5 Å². The molecule has 2 heterocycles. The molecule has 1 fully saturated rings. The third-order valence-electron chi connectivity index (χ3n) is 5.21. The van der Waals surface area contributed by atoms with Gasteiger partial charge in [-0.2, -0.15) is 0 Å². The van der Waals surface area contributed by atoms with E-state index < -0.39 is 13.1 Å². The number of nitrogens with zero attached hydrogens (tertiary/aromatic N) is 1. The molecule has 0 aliphatic heterocycles. The first-order valence-electron chi connectivity index (χ1n) is 9.88. The molecule has 164 valence electrons. The standard InChI is InChI=1S/C22H19N2O6PS/c1-29-15-10-13(9-14(11-15)18-7-8-19(30-18)31(26,27)28)16-3-2-4-17-20(16)32-22(23-17)24-21(25)12-5-6-12/h2-4,7-12H,5-6H2,1H3,(H,23,24,25)(H2,26,27,28). The van der Waals surface area contributed by atoms with Gasteiger partial charge in [0.25, 0.3) is 0 Å². The number of methoxy groups -OCH3 is 1. The Morgan fingerprint density at radius 3 is 2.66 bits per heavy atom. The molecular weight excluding hydrogens is 451 g/mol. The van der Waals surface area contributed by atoms with Crippen molar-refractivity contribution in [2.24, 2.45) is 5.92 Å². The third-order valence-corrected chi connectivity index (χ3v) is 7.04. The third kappa shape index (κ3) is 4.08. The van der Waals surface area contributed by atoms with Gasteiger partial charge in [-0.05, 0) is 54.8 Å². The largest absolute Gasteiger partial charge is 0.497 e. The Kier molecular flexibility index (Phi) is 5.14. The molecule has 0 bridgehead atoms. The summed E-state index contributed by atoms with van der Waals surface area (Å²) in [6.07, 6.45) is 1.84. The molecule has 4 aromatic rings. The second-order valence-electron chi connectivity index (χ2n) is 7.57. The van der Waals surface area contributed by atoms with Crippen molar-refractivity contribution in [3.8, 4) is 28.2 Å². The summed E-state index contributed by atoms with van der Waals surface area (Å²) < 4.78 is 23.3. The van der Waals surface area contributed by atoms with E-state index in [0.29, 0.717) is 22.2 Å². The number of rotatable bonds is 6. The van der Waals surface area contributed by atoms with Crippen LogP contribution in [-0.4, -0.2) is 27.8 Å². The predicted molar refractivity (Wildman–Crippen MR) is 122 cm³/mol. The molecule has 0 unspecified atom stereocenters. The topological polar surface area (TPSA) is 122 Å². The first-order chi connectivity index (χ1) is 15.3. The van der Waals surface area contributed by atoms with Gasteiger partial charge in [0.15, 0.2) is 5.13 Å². The Morgan fingerprint density at radius 2 is 1.97 bits per heavy atom. The van der Waals surface area contributed by atoms with Crippen molar-refractivity contribution in [3.05, 3.63) is 48.5 Å². The summed E-state index contributed by atoms with van der Waals surface area (Å²) in [7, 11) is -2.94. The number of nitrogens with one attached hydrogen (secondary N) is 1. The number of ether oxygens (including phenoxy) is 1. The van der Waals surface area contributed by atoms with E-state index >= 15 is 0 Å².